The van der Waals surface area contributed by atoms with Crippen LogP contribution in [0.25, 0.3) is 0 Å². The lowest BCUT2D eigenvalue weighted by Crippen LogP contribution is -2.35. The van der Waals surface area contributed by atoms with Gasteiger partial charge in [-0.05, 0) is 19.1 Å². The van der Waals surface area contributed by atoms with E-state index in [1.165, 1.54) is 25.1 Å². The molecule has 116 valence electrons. The fraction of sp³-hybridized carbons (Fsp3) is 0.286. The Labute approximate surface area is 125 Å². The number of rotatable bonds is 4. The summed E-state index contributed by atoms with van der Waals surface area (Å²) in [6.07, 6.45) is -0.858. The minimum atomic E-state index is -1.13. The van der Waals surface area contributed by atoms with Crippen molar-refractivity contribution in [1.29, 1.82) is 0 Å². The molecule has 0 bridgehead atoms. The number of carbonyl (C=O) groups is 3. The van der Waals surface area contributed by atoms with Crippen LogP contribution in [0.15, 0.2) is 29.4 Å². The van der Waals surface area contributed by atoms with Crippen molar-refractivity contribution in [3.8, 4) is 0 Å². The Balaban J connectivity index is 1.93. The average molecular weight is 307 g/mol. The number of carbonyl (C=O) groups excluding carboxylic acids is 3. The van der Waals surface area contributed by atoms with E-state index in [1.807, 2.05) is 0 Å². The molecule has 0 radical (unpaired) electrons. The van der Waals surface area contributed by atoms with Gasteiger partial charge in [0, 0.05) is 12.8 Å². The molecule has 2 N–H and O–H groups in total. The maximum Gasteiger partial charge on any atom is 0.355 e. The molecular formula is C14H14FN3O4. The Morgan fingerprint density at radius 2 is 2.09 bits per heavy atom. The van der Waals surface area contributed by atoms with E-state index in [4.69, 9.17) is 4.74 Å². The van der Waals surface area contributed by atoms with Crippen molar-refractivity contribution in [3.63, 3.8) is 0 Å². The average Bonchev–Trinajstić information content (AvgIpc) is 2.50. The summed E-state index contributed by atoms with van der Waals surface area (Å²) >= 11 is 0. The monoisotopic (exact) mass is 307 g/mol. The highest BCUT2D eigenvalue weighted by Gasteiger charge is 2.24. The van der Waals surface area contributed by atoms with Gasteiger partial charge in [0.05, 0.1) is 5.69 Å². The molecule has 7 nitrogen and oxygen atoms in total. The number of esters is 1. The lowest BCUT2D eigenvalue weighted by molar-refractivity contribution is -0.146. The molecule has 0 aliphatic carbocycles. The summed E-state index contributed by atoms with van der Waals surface area (Å²) in [5.74, 6) is -2.34. The lowest BCUT2D eigenvalue weighted by atomic mass is 10.2. The molecule has 0 spiro atoms. The fourth-order valence-electron chi connectivity index (χ4n) is 1.70. The van der Waals surface area contributed by atoms with Crippen LogP contribution in [0, 0.1) is 5.82 Å². The molecule has 0 fully saturated rings. The van der Waals surface area contributed by atoms with Crippen LogP contribution < -0.4 is 10.7 Å². The van der Waals surface area contributed by atoms with Crippen molar-refractivity contribution in [2.75, 3.05) is 5.32 Å². The number of nitrogens with zero attached hydrogens (tertiary/aromatic N) is 1. The first-order chi connectivity index (χ1) is 10.5. The molecular weight excluding hydrogens is 293 g/mol. The number of hydrogen-bond donors (Lipinski definition) is 2. The molecule has 0 saturated heterocycles. The molecule has 1 aromatic carbocycles. The molecule has 0 aromatic heterocycles. The van der Waals surface area contributed by atoms with Crippen LogP contribution in [0.1, 0.15) is 19.8 Å². The van der Waals surface area contributed by atoms with Crippen molar-refractivity contribution in [2.24, 2.45) is 5.10 Å². The fourth-order valence-corrected chi connectivity index (χ4v) is 1.70. The Kier molecular flexibility index (Phi) is 4.82. The summed E-state index contributed by atoms with van der Waals surface area (Å²) < 4.78 is 18.4. The first-order valence-electron chi connectivity index (χ1n) is 6.59. The number of para-hydroxylation sites is 1. The highest BCUT2D eigenvalue weighted by molar-refractivity contribution is 6.37. The second kappa shape index (κ2) is 6.79. The second-order valence-electron chi connectivity index (χ2n) is 4.61. The normalized spacial score (nSPS) is 15.4. The van der Waals surface area contributed by atoms with Crippen LogP contribution in [-0.2, 0) is 19.1 Å². The number of ether oxygens (including phenoxy) is 1. The summed E-state index contributed by atoms with van der Waals surface area (Å²) in [5, 5.41) is 5.90. The molecule has 0 saturated carbocycles. The van der Waals surface area contributed by atoms with Gasteiger partial charge in [0.15, 0.2) is 6.10 Å². The summed E-state index contributed by atoms with van der Waals surface area (Å²) in [6, 6.07) is 5.65. The highest BCUT2D eigenvalue weighted by atomic mass is 19.1. The van der Waals surface area contributed by atoms with Gasteiger partial charge in [-0.15, -0.1) is 0 Å². The predicted octanol–water partition coefficient (Wildman–Crippen LogP) is 0.962. The molecule has 1 heterocycles. The van der Waals surface area contributed by atoms with Crippen molar-refractivity contribution >= 4 is 29.2 Å². The van der Waals surface area contributed by atoms with E-state index >= 15 is 0 Å². The molecule has 8 heteroatoms. The molecule has 22 heavy (non-hydrogen) atoms. The third kappa shape index (κ3) is 3.87. The second-order valence-corrected chi connectivity index (χ2v) is 4.61. The number of halogens is 1. The minimum absolute atomic E-state index is 0.00216. The van der Waals surface area contributed by atoms with Crippen molar-refractivity contribution in [2.45, 2.75) is 25.9 Å². The molecule has 1 aromatic rings. The number of hydrogen-bond acceptors (Lipinski definition) is 5. The van der Waals surface area contributed by atoms with Gasteiger partial charge in [-0.3, -0.25) is 9.59 Å². The van der Waals surface area contributed by atoms with Gasteiger partial charge in [0.1, 0.15) is 11.5 Å². The van der Waals surface area contributed by atoms with E-state index in [0.29, 0.717) is 0 Å². The van der Waals surface area contributed by atoms with Gasteiger partial charge in [-0.1, -0.05) is 12.1 Å². The van der Waals surface area contributed by atoms with E-state index in [0.717, 1.165) is 0 Å². The van der Waals surface area contributed by atoms with Gasteiger partial charge < -0.3 is 10.1 Å². The zero-order valence-corrected chi connectivity index (χ0v) is 11.8. The van der Waals surface area contributed by atoms with E-state index in [2.05, 4.69) is 15.8 Å². The third-order valence-electron chi connectivity index (χ3n) is 2.92. The number of benzene rings is 1. The Bertz CT molecular complexity index is 645. The first-order valence-corrected chi connectivity index (χ1v) is 6.59. The maximum atomic E-state index is 13.4. The third-order valence-corrected chi connectivity index (χ3v) is 2.92. The molecule has 0 unspecified atom stereocenters. The maximum absolute atomic E-state index is 13.4. The van der Waals surface area contributed by atoms with Gasteiger partial charge in [-0.25, -0.2) is 14.6 Å². The Hall–Kier alpha value is -2.77. The Morgan fingerprint density at radius 3 is 2.73 bits per heavy atom. The molecule has 2 rings (SSSR count). The molecule has 2 amide bonds. The molecule has 1 aliphatic rings. The van der Waals surface area contributed by atoms with Crippen molar-refractivity contribution in [1.82, 2.24) is 5.43 Å². The number of amides is 2. The zero-order valence-electron chi connectivity index (χ0n) is 11.8. The number of nitrogens with one attached hydrogen (secondary N) is 2. The number of hydrazone groups is 1. The molecule has 1 aliphatic heterocycles. The predicted molar refractivity (Wildman–Crippen MR) is 75.4 cm³/mol. The summed E-state index contributed by atoms with van der Waals surface area (Å²) in [4.78, 5) is 34.6. The largest absolute Gasteiger partial charge is 0.448 e. The summed E-state index contributed by atoms with van der Waals surface area (Å²) in [5.41, 5.74) is 2.19. The highest BCUT2D eigenvalue weighted by Crippen LogP contribution is 2.13. The van der Waals surface area contributed by atoms with Crippen LogP contribution in [0.5, 0.6) is 0 Å². The van der Waals surface area contributed by atoms with E-state index in [1.54, 1.807) is 6.07 Å². The van der Waals surface area contributed by atoms with Crippen molar-refractivity contribution < 1.29 is 23.5 Å². The van der Waals surface area contributed by atoms with Crippen LogP contribution >= 0.6 is 0 Å². The zero-order chi connectivity index (χ0) is 16.1. The van der Waals surface area contributed by atoms with Crippen molar-refractivity contribution in [3.05, 3.63) is 30.1 Å². The molecule has 1 atom stereocenters. The standard InChI is InChI=1S/C14H14FN3O4/c1-8(13(20)16-10-5-3-2-4-9(10)15)22-14(21)11-6-7-12(19)18-17-11/h2-5,8H,6-7H2,1H3,(H,16,20)(H,18,19)/t8-/m0/s1. The van der Waals surface area contributed by atoms with E-state index < -0.39 is 23.8 Å². The van der Waals surface area contributed by atoms with Gasteiger partial charge in [0.2, 0.25) is 5.91 Å². The van der Waals surface area contributed by atoms with Crippen LogP contribution in [0.4, 0.5) is 10.1 Å². The van der Waals surface area contributed by atoms with Crippen LogP contribution in [0.3, 0.4) is 0 Å². The summed E-state index contributed by atoms with van der Waals surface area (Å²) in [7, 11) is 0. The quantitative estimate of drug-likeness (QED) is 0.810. The Morgan fingerprint density at radius 1 is 1.36 bits per heavy atom. The minimum Gasteiger partial charge on any atom is -0.448 e. The van der Waals surface area contributed by atoms with E-state index in [9.17, 15) is 18.8 Å². The van der Waals surface area contributed by atoms with Gasteiger partial charge in [0.25, 0.3) is 5.91 Å². The topological polar surface area (TPSA) is 96.9 Å². The van der Waals surface area contributed by atoms with Gasteiger partial charge in [-0.2, -0.15) is 5.10 Å². The lowest BCUT2D eigenvalue weighted by Gasteiger charge is -2.16. The van der Waals surface area contributed by atoms with Crippen LogP contribution in [-0.4, -0.2) is 29.6 Å². The smallest absolute Gasteiger partial charge is 0.355 e. The van der Waals surface area contributed by atoms with E-state index in [-0.39, 0.29) is 30.1 Å². The van der Waals surface area contributed by atoms with Crippen LogP contribution in [0.2, 0.25) is 0 Å². The number of anilines is 1. The summed E-state index contributed by atoms with van der Waals surface area (Å²) in [6.45, 7) is 1.36. The SMILES string of the molecule is C[C@H](OC(=O)C1=NNC(=O)CC1)C(=O)Nc1ccccc1F. The first kappa shape index (κ1) is 15.6. The van der Waals surface area contributed by atoms with Gasteiger partial charge >= 0.3 is 5.97 Å².